The maximum absolute atomic E-state index is 12.6. The summed E-state index contributed by atoms with van der Waals surface area (Å²) in [5.41, 5.74) is 0. The van der Waals surface area contributed by atoms with Gasteiger partial charge < -0.3 is 4.90 Å². The first kappa shape index (κ1) is 16.2. The van der Waals surface area contributed by atoms with Gasteiger partial charge in [-0.05, 0) is 58.0 Å². The lowest BCUT2D eigenvalue weighted by molar-refractivity contribution is 0.165. The van der Waals surface area contributed by atoms with Gasteiger partial charge in [-0.1, -0.05) is 11.6 Å². The Morgan fingerprint density at radius 3 is 2.50 bits per heavy atom. The zero-order chi connectivity index (χ0) is 14.9. The number of likely N-dealkylation sites (tertiary alicyclic amines) is 1. The molecule has 4 nitrogen and oxygen atoms in total. The van der Waals surface area contributed by atoms with Gasteiger partial charge in [0.25, 0.3) is 10.0 Å². The zero-order valence-corrected chi connectivity index (χ0v) is 14.4. The van der Waals surface area contributed by atoms with Crippen molar-refractivity contribution in [3.05, 3.63) is 16.5 Å². The number of sulfonamides is 1. The van der Waals surface area contributed by atoms with Gasteiger partial charge in [-0.2, -0.15) is 4.31 Å². The Bertz CT molecular complexity index is 550. The molecule has 0 N–H and O–H groups in total. The third kappa shape index (κ3) is 3.36. The molecule has 0 spiro atoms. The van der Waals surface area contributed by atoms with Crippen LogP contribution in [-0.4, -0.2) is 50.8 Å². The van der Waals surface area contributed by atoms with E-state index in [0.29, 0.717) is 14.5 Å². The van der Waals surface area contributed by atoms with Gasteiger partial charge in [0.1, 0.15) is 4.21 Å². The van der Waals surface area contributed by atoms with Crippen LogP contribution in [0.15, 0.2) is 16.3 Å². The minimum absolute atomic E-state index is 0.00887. The molecule has 1 aromatic rings. The average Bonchev–Trinajstić information content (AvgIpc) is 2.85. The Balaban J connectivity index is 2.11. The van der Waals surface area contributed by atoms with Crippen molar-refractivity contribution in [3.8, 4) is 0 Å². The molecular formula is C13H21ClN2O2S2. The molecule has 1 aliphatic rings. The Morgan fingerprint density at radius 1 is 1.40 bits per heavy atom. The molecular weight excluding hydrogens is 316 g/mol. The topological polar surface area (TPSA) is 40.6 Å². The molecule has 7 heteroatoms. The van der Waals surface area contributed by atoms with Gasteiger partial charge in [0.15, 0.2) is 0 Å². The highest BCUT2D eigenvalue weighted by molar-refractivity contribution is 7.91. The van der Waals surface area contributed by atoms with Crippen molar-refractivity contribution in [2.45, 2.75) is 30.0 Å². The van der Waals surface area contributed by atoms with Crippen LogP contribution in [0, 0.1) is 5.92 Å². The highest BCUT2D eigenvalue weighted by Gasteiger charge is 2.32. The molecule has 20 heavy (non-hydrogen) atoms. The third-order valence-electron chi connectivity index (χ3n) is 4.20. The van der Waals surface area contributed by atoms with E-state index in [-0.39, 0.29) is 6.04 Å². The molecule has 0 bridgehead atoms. The van der Waals surface area contributed by atoms with Gasteiger partial charge in [-0.15, -0.1) is 11.3 Å². The standard InChI is InChI=1S/C13H21ClN2O2S2/c1-10(11-6-8-15(2)9-7-11)16(3)20(17,18)13-5-4-12(14)19-13/h4-5,10-11H,6-9H2,1-3H3. The summed E-state index contributed by atoms with van der Waals surface area (Å²) in [5.74, 6) is 0.418. The van der Waals surface area contributed by atoms with E-state index in [0.717, 1.165) is 37.3 Å². The number of hydrogen-bond acceptors (Lipinski definition) is 4. The molecule has 1 aromatic heterocycles. The number of halogens is 1. The lowest BCUT2D eigenvalue weighted by Crippen LogP contribution is -2.43. The fraction of sp³-hybridized carbons (Fsp3) is 0.692. The van der Waals surface area contributed by atoms with Crippen LogP contribution in [0.5, 0.6) is 0 Å². The Labute approximate surface area is 130 Å². The monoisotopic (exact) mass is 336 g/mol. The quantitative estimate of drug-likeness (QED) is 0.849. The van der Waals surface area contributed by atoms with Gasteiger partial charge in [-0.25, -0.2) is 8.42 Å². The average molecular weight is 337 g/mol. The van der Waals surface area contributed by atoms with Crippen molar-refractivity contribution in [3.63, 3.8) is 0 Å². The maximum atomic E-state index is 12.6. The molecule has 2 heterocycles. The van der Waals surface area contributed by atoms with E-state index in [2.05, 4.69) is 11.9 Å². The summed E-state index contributed by atoms with van der Waals surface area (Å²) in [5, 5.41) is 0. The van der Waals surface area contributed by atoms with Crippen molar-refractivity contribution in [1.82, 2.24) is 9.21 Å². The van der Waals surface area contributed by atoms with Crippen LogP contribution >= 0.6 is 22.9 Å². The number of hydrogen-bond donors (Lipinski definition) is 0. The molecule has 2 rings (SSSR count). The third-order valence-corrected chi connectivity index (χ3v) is 7.84. The van der Waals surface area contributed by atoms with Crippen LogP contribution in [-0.2, 0) is 10.0 Å². The lowest BCUT2D eigenvalue weighted by Gasteiger charge is -2.36. The van der Waals surface area contributed by atoms with E-state index in [1.54, 1.807) is 19.2 Å². The maximum Gasteiger partial charge on any atom is 0.252 e. The molecule has 0 radical (unpaired) electrons. The first-order valence-corrected chi connectivity index (χ1v) is 9.37. The second-order valence-electron chi connectivity index (χ2n) is 5.46. The predicted octanol–water partition coefficient (Wildman–Crippen LogP) is 2.75. The molecule has 114 valence electrons. The van der Waals surface area contributed by atoms with Crippen molar-refractivity contribution >= 4 is 33.0 Å². The summed E-state index contributed by atoms with van der Waals surface area (Å²) in [4.78, 5) is 2.29. The summed E-state index contributed by atoms with van der Waals surface area (Å²) in [6, 6.07) is 3.22. The summed E-state index contributed by atoms with van der Waals surface area (Å²) >= 11 is 6.96. The van der Waals surface area contributed by atoms with E-state index < -0.39 is 10.0 Å². The molecule has 1 unspecified atom stereocenters. The summed E-state index contributed by atoms with van der Waals surface area (Å²) in [6.45, 7) is 4.07. The normalized spacial score (nSPS) is 20.4. The van der Waals surface area contributed by atoms with Crippen molar-refractivity contribution in [2.75, 3.05) is 27.2 Å². The van der Waals surface area contributed by atoms with Crippen LogP contribution < -0.4 is 0 Å². The fourth-order valence-electron chi connectivity index (χ4n) is 2.60. The molecule has 1 aliphatic heterocycles. The molecule has 1 fully saturated rings. The van der Waals surface area contributed by atoms with Crippen LogP contribution in [0.1, 0.15) is 19.8 Å². The summed E-state index contributed by atoms with van der Waals surface area (Å²) < 4.78 is 27.5. The van der Waals surface area contributed by atoms with E-state index in [1.165, 1.54) is 4.31 Å². The Morgan fingerprint density at radius 2 is 2.00 bits per heavy atom. The highest BCUT2D eigenvalue weighted by atomic mass is 35.5. The number of piperidine rings is 1. The van der Waals surface area contributed by atoms with Gasteiger partial charge in [-0.3, -0.25) is 0 Å². The Hall–Kier alpha value is -0.140. The van der Waals surface area contributed by atoms with Crippen LogP contribution in [0.3, 0.4) is 0 Å². The van der Waals surface area contributed by atoms with Crippen molar-refractivity contribution in [1.29, 1.82) is 0 Å². The van der Waals surface area contributed by atoms with Gasteiger partial charge in [0, 0.05) is 13.1 Å². The minimum Gasteiger partial charge on any atom is -0.306 e. The van der Waals surface area contributed by atoms with Crippen molar-refractivity contribution < 1.29 is 8.42 Å². The molecule has 1 saturated heterocycles. The second-order valence-corrected chi connectivity index (χ2v) is 9.40. The highest BCUT2D eigenvalue weighted by Crippen LogP contribution is 2.31. The summed E-state index contributed by atoms with van der Waals surface area (Å²) in [7, 11) is 0.352. The van der Waals surface area contributed by atoms with Gasteiger partial charge in [0.05, 0.1) is 4.34 Å². The molecule has 1 atom stereocenters. The molecule has 0 aromatic carbocycles. The van der Waals surface area contributed by atoms with Crippen molar-refractivity contribution in [2.24, 2.45) is 5.92 Å². The smallest absolute Gasteiger partial charge is 0.252 e. The SMILES string of the molecule is CC(C1CCN(C)CC1)N(C)S(=O)(=O)c1ccc(Cl)s1. The number of rotatable bonds is 4. The summed E-state index contributed by atoms with van der Waals surface area (Å²) in [6.07, 6.45) is 2.09. The van der Waals surface area contributed by atoms with E-state index >= 15 is 0 Å². The van der Waals surface area contributed by atoms with Crippen LogP contribution in [0.4, 0.5) is 0 Å². The minimum atomic E-state index is -3.43. The Kier molecular flexibility index (Phi) is 5.13. The number of thiophene rings is 1. The van der Waals surface area contributed by atoms with Gasteiger partial charge >= 0.3 is 0 Å². The van der Waals surface area contributed by atoms with Gasteiger partial charge in [0.2, 0.25) is 0 Å². The fourth-order valence-corrected chi connectivity index (χ4v) is 5.70. The van der Waals surface area contributed by atoms with E-state index in [1.807, 2.05) is 6.92 Å². The van der Waals surface area contributed by atoms with Crippen LogP contribution in [0.25, 0.3) is 0 Å². The molecule has 0 saturated carbocycles. The van der Waals surface area contributed by atoms with E-state index in [9.17, 15) is 8.42 Å². The number of nitrogens with zero attached hydrogens (tertiary/aromatic N) is 2. The van der Waals surface area contributed by atoms with Crippen LogP contribution in [0.2, 0.25) is 4.34 Å². The molecule has 0 aliphatic carbocycles. The first-order chi connectivity index (χ1) is 9.32. The van der Waals surface area contributed by atoms with E-state index in [4.69, 9.17) is 11.6 Å². The lowest BCUT2D eigenvalue weighted by atomic mass is 9.91. The zero-order valence-electron chi connectivity index (χ0n) is 12.0. The first-order valence-electron chi connectivity index (χ1n) is 6.74. The second kappa shape index (κ2) is 6.32. The predicted molar refractivity (Wildman–Crippen MR) is 84.0 cm³/mol. The largest absolute Gasteiger partial charge is 0.306 e. The molecule has 0 amide bonds.